The lowest BCUT2D eigenvalue weighted by molar-refractivity contribution is -0.183. The molecule has 0 aromatic heterocycles. The summed E-state index contributed by atoms with van der Waals surface area (Å²) >= 11 is 0. The molecule has 1 rings (SSSR count). The van der Waals surface area contributed by atoms with E-state index in [0.29, 0.717) is 0 Å². The first kappa shape index (κ1) is 10.2. The van der Waals surface area contributed by atoms with Gasteiger partial charge in [-0.25, -0.2) is 0 Å². The molecular weight excluding hydrogens is 178 g/mol. The van der Waals surface area contributed by atoms with Crippen LogP contribution in [0.3, 0.4) is 0 Å². The summed E-state index contributed by atoms with van der Waals surface area (Å²) in [4.78, 5) is 2.50. The van der Waals surface area contributed by atoms with Crippen molar-refractivity contribution in [3.8, 4) is 0 Å². The van der Waals surface area contributed by atoms with Crippen molar-refractivity contribution in [3.63, 3.8) is 0 Å². The summed E-state index contributed by atoms with van der Waals surface area (Å²) in [6.07, 6.45) is -4.28. The molecule has 1 heterocycles. The van der Waals surface area contributed by atoms with Crippen molar-refractivity contribution in [3.05, 3.63) is 10.4 Å². The molecule has 1 saturated heterocycles. The first-order valence-electron chi connectivity index (χ1n) is 3.83. The van der Waals surface area contributed by atoms with E-state index in [1.807, 2.05) is 0 Å². The smallest absolute Gasteiger partial charge is 0.111 e. The molecule has 0 amide bonds. The number of hydrogen-bond donors (Lipinski definition) is 3. The maximum absolute atomic E-state index is 9.32. The monoisotopic (exact) mass is 189 g/mol. The molecule has 1 fully saturated rings. The minimum Gasteiger partial charge on any atom is -0.388 e. The number of hydrogen-bond acceptors (Lipinski definition) is 5. The van der Waals surface area contributed by atoms with Crippen LogP contribution in [0.1, 0.15) is 0 Å². The average Bonchev–Trinajstić information content (AvgIpc) is 2.13. The molecule has 7 nitrogen and oxygen atoms in total. The second-order valence-electron chi connectivity index (χ2n) is 2.83. The third kappa shape index (κ3) is 2.30. The van der Waals surface area contributed by atoms with E-state index in [0.717, 1.165) is 0 Å². The molecular formula is C6H11N3O4. The van der Waals surface area contributed by atoms with Crippen LogP contribution in [-0.4, -0.2) is 52.9 Å². The minimum absolute atomic E-state index is 0.0541. The van der Waals surface area contributed by atoms with Gasteiger partial charge in [0.2, 0.25) is 0 Å². The lowest BCUT2D eigenvalue weighted by Crippen LogP contribution is -2.53. The number of aliphatic hydroxyl groups excluding tert-OH is 3. The van der Waals surface area contributed by atoms with Gasteiger partial charge in [0.05, 0.1) is 19.3 Å². The molecule has 0 aromatic rings. The third-order valence-electron chi connectivity index (χ3n) is 1.93. The Morgan fingerprint density at radius 2 is 2.08 bits per heavy atom. The van der Waals surface area contributed by atoms with Gasteiger partial charge < -0.3 is 20.1 Å². The molecule has 0 aromatic carbocycles. The maximum atomic E-state index is 9.32. The minimum atomic E-state index is -1.24. The fourth-order valence-electron chi connectivity index (χ4n) is 1.14. The van der Waals surface area contributed by atoms with Crippen molar-refractivity contribution in [2.24, 2.45) is 5.11 Å². The van der Waals surface area contributed by atoms with Crippen LogP contribution < -0.4 is 0 Å². The van der Waals surface area contributed by atoms with Gasteiger partial charge in [0.1, 0.15) is 18.3 Å². The summed E-state index contributed by atoms with van der Waals surface area (Å²) < 4.78 is 4.95. The van der Waals surface area contributed by atoms with Crippen LogP contribution in [0.4, 0.5) is 0 Å². The summed E-state index contributed by atoms with van der Waals surface area (Å²) in [5, 5.41) is 30.8. The van der Waals surface area contributed by atoms with Gasteiger partial charge >= 0.3 is 0 Å². The van der Waals surface area contributed by atoms with Gasteiger partial charge in [-0.15, -0.1) is 0 Å². The van der Waals surface area contributed by atoms with Crippen molar-refractivity contribution in [2.45, 2.75) is 24.4 Å². The van der Waals surface area contributed by atoms with E-state index in [2.05, 4.69) is 10.0 Å². The highest BCUT2D eigenvalue weighted by atomic mass is 16.5. The van der Waals surface area contributed by atoms with Crippen molar-refractivity contribution in [1.82, 2.24) is 0 Å². The number of aliphatic hydroxyl groups is 3. The Labute approximate surface area is 74.2 Å². The van der Waals surface area contributed by atoms with E-state index >= 15 is 0 Å². The zero-order valence-corrected chi connectivity index (χ0v) is 6.82. The molecule has 0 bridgehead atoms. The third-order valence-corrected chi connectivity index (χ3v) is 1.93. The molecule has 13 heavy (non-hydrogen) atoms. The fourth-order valence-corrected chi connectivity index (χ4v) is 1.14. The highest BCUT2D eigenvalue weighted by Crippen LogP contribution is 2.15. The van der Waals surface area contributed by atoms with Gasteiger partial charge in [-0.3, -0.25) is 0 Å². The Morgan fingerprint density at radius 1 is 1.38 bits per heavy atom. The van der Waals surface area contributed by atoms with E-state index < -0.39 is 24.4 Å². The number of azide groups is 1. The maximum Gasteiger partial charge on any atom is 0.111 e. The van der Waals surface area contributed by atoms with Crippen molar-refractivity contribution in [2.75, 3.05) is 13.2 Å². The van der Waals surface area contributed by atoms with Crippen LogP contribution in [0.5, 0.6) is 0 Å². The van der Waals surface area contributed by atoms with Gasteiger partial charge in [-0.2, -0.15) is 0 Å². The average molecular weight is 189 g/mol. The summed E-state index contributed by atoms with van der Waals surface area (Å²) in [6, 6.07) is 0. The highest BCUT2D eigenvalue weighted by Gasteiger charge is 2.36. The molecule has 4 atom stereocenters. The van der Waals surface area contributed by atoms with Crippen LogP contribution in [0, 0.1) is 0 Å². The Kier molecular flexibility index (Phi) is 3.47. The molecule has 0 saturated carbocycles. The number of nitrogens with zero attached hydrogens (tertiary/aromatic N) is 3. The molecule has 7 heteroatoms. The summed E-state index contributed by atoms with van der Waals surface area (Å²) in [7, 11) is 0. The zero-order chi connectivity index (χ0) is 9.84. The van der Waals surface area contributed by atoms with E-state index in [1.54, 1.807) is 0 Å². The van der Waals surface area contributed by atoms with Gasteiger partial charge in [0, 0.05) is 4.91 Å². The van der Waals surface area contributed by atoms with Crippen LogP contribution >= 0.6 is 0 Å². The Morgan fingerprint density at radius 3 is 2.69 bits per heavy atom. The van der Waals surface area contributed by atoms with Gasteiger partial charge in [-0.05, 0) is 5.53 Å². The summed E-state index contributed by atoms with van der Waals surface area (Å²) in [5.74, 6) is 0. The molecule has 0 aliphatic carbocycles. The molecule has 74 valence electrons. The van der Waals surface area contributed by atoms with Gasteiger partial charge in [-0.1, -0.05) is 5.11 Å². The largest absolute Gasteiger partial charge is 0.388 e. The summed E-state index contributed by atoms with van der Waals surface area (Å²) in [6.45, 7) is -0.120. The van der Waals surface area contributed by atoms with Crippen molar-refractivity contribution >= 4 is 0 Å². The van der Waals surface area contributed by atoms with E-state index in [9.17, 15) is 10.2 Å². The molecule has 1 aliphatic rings. The molecule has 0 spiro atoms. The standard InChI is InChI=1S/C6H11N3O4/c7-9-8-1-4-6(12)5(11)3(10)2-13-4/h3-6,10-12H,1-2H2/t3?,4?,5?,6-/m1/s1. The Hall–Kier alpha value is -0.850. The van der Waals surface area contributed by atoms with Crippen LogP contribution in [-0.2, 0) is 4.74 Å². The van der Waals surface area contributed by atoms with E-state index in [4.69, 9.17) is 15.4 Å². The SMILES string of the molecule is [N-]=[N+]=NCC1OCC(O)C(O)[C@@H]1O. The normalized spacial score (nSPS) is 39.6. The Bertz CT molecular complexity index is 218. The van der Waals surface area contributed by atoms with Crippen LogP contribution in [0.2, 0.25) is 0 Å². The molecule has 1 aliphatic heterocycles. The first-order chi connectivity index (χ1) is 6.16. The van der Waals surface area contributed by atoms with E-state index in [1.165, 1.54) is 0 Å². The van der Waals surface area contributed by atoms with Crippen molar-refractivity contribution in [1.29, 1.82) is 0 Å². The molecule has 3 unspecified atom stereocenters. The predicted molar refractivity (Wildman–Crippen MR) is 41.8 cm³/mol. The first-order valence-corrected chi connectivity index (χ1v) is 3.83. The number of ether oxygens (including phenoxy) is 1. The zero-order valence-electron chi connectivity index (χ0n) is 6.82. The highest BCUT2D eigenvalue weighted by molar-refractivity contribution is 4.87. The quantitative estimate of drug-likeness (QED) is 0.286. The second kappa shape index (κ2) is 4.40. The lowest BCUT2D eigenvalue weighted by atomic mass is 10.0. The second-order valence-corrected chi connectivity index (χ2v) is 2.83. The number of rotatable bonds is 2. The van der Waals surface area contributed by atoms with Gasteiger partial charge in [0.25, 0.3) is 0 Å². The lowest BCUT2D eigenvalue weighted by Gasteiger charge is -2.34. The summed E-state index contributed by atoms with van der Waals surface area (Å²) in [5.41, 5.74) is 8.01. The molecule has 0 radical (unpaired) electrons. The Balaban J connectivity index is 2.53. The van der Waals surface area contributed by atoms with Gasteiger partial charge in [0.15, 0.2) is 0 Å². The molecule has 3 N–H and O–H groups in total. The topological polar surface area (TPSA) is 119 Å². The van der Waals surface area contributed by atoms with Crippen LogP contribution in [0.15, 0.2) is 5.11 Å². The van der Waals surface area contributed by atoms with E-state index in [-0.39, 0.29) is 13.2 Å². The van der Waals surface area contributed by atoms with Crippen LogP contribution in [0.25, 0.3) is 10.4 Å². The predicted octanol–water partition coefficient (Wildman–Crippen LogP) is -1.22. The fraction of sp³-hybridized carbons (Fsp3) is 1.00. The van der Waals surface area contributed by atoms with Crippen molar-refractivity contribution < 1.29 is 20.1 Å².